The molecule has 0 saturated carbocycles. The second kappa shape index (κ2) is 14.2. The number of unbranched alkanes of at least 4 members (excludes halogenated alkanes) is 5. The maximum Gasteiger partial charge on any atom is 0.197 e. The van der Waals surface area contributed by atoms with Gasteiger partial charge in [-0.15, -0.1) is 0 Å². The minimum absolute atomic E-state index is 0.397. The number of ether oxygens (including phenoxy) is 2. The smallest absolute Gasteiger partial charge is 0.197 e. The molecule has 1 unspecified atom stereocenters. The van der Waals surface area contributed by atoms with Crippen LogP contribution in [0.2, 0.25) is 0 Å². The summed E-state index contributed by atoms with van der Waals surface area (Å²) in [5.74, 6) is -0.194. The van der Waals surface area contributed by atoms with Gasteiger partial charge >= 0.3 is 0 Å². The Morgan fingerprint density at radius 3 is 1.85 bits per heavy atom. The summed E-state index contributed by atoms with van der Waals surface area (Å²) in [5, 5.41) is 0. The fraction of sp³-hybridized carbons (Fsp3) is 0.750. The highest BCUT2D eigenvalue weighted by molar-refractivity contribution is 5.21. The average molecular weight is 363 g/mol. The van der Waals surface area contributed by atoms with Crippen molar-refractivity contribution in [3.63, 3.8) is 0 Å². The zero-order chi connectivity index (χ0) is 19.1. The Balaban J connectivity index is 2.90. The predicted octanol–water partition coefficient (Wildman–Crippen LogP) is 7.47. The van der Waals surface area contributed by atoms with Gasteiger partial charge in [-0.25, -0.2) is 0 Å². The highest BCUT2D eigenvalue weighted by Crippen LogP contribution is 2.40. The number of hydrogen-bond donors (Lipinski definition) is 0. The Morgan fingerprint density at radius 2 is 1.31 bits per heavy atom. The van der Waals surface area contributed by atoms with E-state index >= 15 is 0 Å². The maximum absolute atomic E-state index is 6.49. The summed E-state index contributed by atoms with van der Waals surface area (Å²) in [4.78, 5) is 0. The lowest BCUT2D eigenvalue weighted by molar-refractivity contribution is -0.280. The number of rotatable bonds is 16. The molecule has 26 heavy (non-hydrogen) atoms. The van der Waals surface area contributed by atoms with Crippen LogP contribution in [0.1, 0.15) is 97.5 Å². The first-order valence-electron chi connectivity index (χ1n) is 11.1. The van der Waals surface area contributed by atoms with Crippen LogP contribution in [0, 0.1) is 5.92 Å². The van der Waals surface area contributed by atoms with Crippen LogP contribution in [0.3, 0.4) is 0 Å². The lowest BCUT2D eigenvalue weighted by Crippen LogP contribution is -2.41. The largest absolute Gasteiger partial charge is 0.346 e. The molecule has 0 heterocycles. The fourth-order valence-corrected chi connectivity index (χ4v) is 3.69. The first-order valence-corrected chi connectivity index (χ1v) is 11.1. The van der Waals surface area contributed by atoms with E-state index in [0.29, 0.717) is 5.92 Å². The van der Waals surface area contributed by atoms with Crippen molar-refractivity contribution in [3.05, 3.63) is 35.9 Å². The second-order valence-corrected chi connectivity index (χ2v) is 7.39. The molecule has 0 radical (unpaired) electrons. The Morgan fingerprint density at radius 1 is 0.731 bits per heavy atom. The van der Waals surface area contributed by atoms with Gasteiger partial charge in [0.25, 0.3) is 0 Å². The quantitative estimate of drug-likeness (QED) is 0.224. The first kappa shape index (κ1) is 23.2. The lowest BCUT2D eigenvalue weighted by atomic mass is 9.84. The standard InChI is InChI=1S/C24H42O2/c1-5-9-10-11-12-14-17-22(8-4)24(25-20-6-2,26-21-7-3)23-18-15-13-16-19-23/h13,15-16,18-19,22H,5-12,14,17,20-21H2,1-4H3. The molecule has 0 amide bonds. The molecule has 0 aliphatic carbocycles. The zero-order valence-electron chi connectivity index (χ0n) is 17.8. The van der Waals surface area contributed by atoms with E-state index in [2.05, 4.69) is 58.0 Å². The normalized spacial score (nSPS) is 13.1. The van der Waals surface area contributed by atoms with Crippen molar-refractivity contribution in [1.29, 1.82) is 0 Å². The van der Waals surface area contributed by atoms with Gasteiger partial charge in [0.15, 0.2) is 5.79 Å². The highest BCUT2D eigenvalue weighted by Gasteiger charge is 2.41. The van der Waals surface area contributed by atoms with Crippen molar-refractivity contribution in [2.45, 2.75) is 97.7 Å². The molecule has 0 spiro atoms. The molecule has 2 heteroatoms. The third-order valence-electron chi connectivity index (χ3n) is 5.15. The topological polar surface area (TPSA) is 18.5 Å². The summed E-state index contributed by atoms with van der Waals surface area (Å²) in [6.45, 7) is 10.4. The molecule has 1 rings (SSSR count). The maximum atomic E-state index is 6.49. The molecule has 1 aromatic rings. The van der Waals surface area contributed by atoms with Crippen LogP contribution in [0.5, 0.6) is 0 Å². The molecular weight excluding hydrogens is 320 g/mol. The van der Waals surface area contributed by atoms with Gasteiger partial charge in [-0.2, -0.15) is 0 Å². The van der Waals surface area contributed by atoms with E-state index in [1.807, 2.05) is 0 Å². The molecule has 0 saturated heterocycles. The van der Waals surface area contributed by atoms with E-state index in [1.165, 1.54) is 50.5 Å². The van der Waals surface area contributed by atoms with Crippen LogP contribution in [-0.2, 0) is 15.3 Å². The summed E-state index contributed by atoms with van der Waals surface area (Å²) in [6.07, 6.45) is 12.3. The molecule has 2 nitrogen and oxygen atoms in total. The van der Waals surface area contributed by atoms with Crippen LogP contribution in [0.4, 0.5) is 0 Å². The van der Waals surface area contributed by atoms with Gasteiger partial charge < -0.3 is 9.47 Å². The van der Waals surface area contributed by atoms with Gasteiger partial charge in [-0.05, 0) is 25.7 Å². The van der Waals surface area contributed by atoms with E-state index in [9.17, 15) is 0 Å². The van der Waals surface area contributed by atoms with E-state index in [1.54, 1.807) is 0 Å². The fourth-order valence-electron chi connectivity index (χ4n) is 3.69. The molecule has 0 aromatic heterocycles. The lowest BCUT2D eigenvalue weighted by Gasteiger charge is -2.41. The van der Waals surface area contributed by atoms with Gasteiger partial charge in [-0.1, -0.05) is 96.6 Å². The van der Waals surface area contributed by atoms with Crippen molar-refractivity contribution < 1.29 is 9.47 Å². The van der Waals surface area contributed by atoms with Crippen LogP contribution < -0.4 is 0 Å². The zero-order valence-corrected chi connectivity index (χ0v) is 17.8. The van der Waals surface area contributed by atoms with E-state index in [4.69, 9.17) is 9.47 Å². The van der Waals surface area contributed by atoms with Crippen molar-refractivity contribution in [2.24, 2.45) is 5.92 Å². The Labute approximate surface area is 162 Å². The van der Waals surface area contributed by atoms with E-state index in [0.717, 1.165) is 32.5 Å². The average Bonchev–Trinajstić information content (AvgIpc) is 2.69. The van der Waals surface area contributed by atoms with Crippen molar-refractivity contribution in [3.8, 4) is 0 Å². The monoisotopic (exact) mass is 362 g/mol. The van der Waals surface area contributed by atoms with Gasteiger partial charge in [0.2, 0.25) is 0 Å². The molecule has 0 aliphatic heterocycles. The Bertz CT molecular complexity index is 421. The minimum atomic E-state index is -0.592. The molecule has 0 aliphatic rings. The Kier molecular flexibility index (Phi) is 12.7. The van der Waals surface area contributed by atoms with Crippen LogP contribution in [0.15, 0.2) is 30.3 Å². The predicted molar refractivity (Wildman–Crippen MR) is 112 cm³/mol. The summed E-state index contributed by atoms with van der Waals surface area (Å²) < 4.78 is 13.0. The molecule has 150 valence electrons. The molecule has 0 fully saturated rings. The SMILES string of the molecule is CCCCCCCCC(CC)C(OCCC)(OCCC)c1ccccc1. The van der Waals surface area contributed by atoms with Gasteiger partial charge in [0.05, 0.1) is 13.2 Å². The minimum Gasteiger partial charge on any atom is -0.346 e. The summed E-state index contributed by atoms with van der Waals surface area (Å²) >= 11 is 0. The third kappa shape index (κ3) is 7.40. The van der Waals surface area contributed by atoms with E-state index in [-0.39, 0.29) is 0 Å². The van der Waals surface area contributed by atoms with Gasteiger partial charge in [0.1, 0.15) is 0 Å². The van der Waals surface area contributed by atoms with Crippen LogP contribution >= 0.6 is 0 Å². The number of benzene rings is 1. The van der Waals surface area contributed by atoms with E-state index < -0.39 is 5.79 Å². The van der Waals surface area contributed by atoms with Crippen molar-refractivity contribution >= 4 is 0 Å². The molecule has 1 atom stereocenters. The summed E-state index contributed by atoms with van der Waals surface area (Å²) in [6, 6.07) is 10.6. The summed E-state index contributed by atoms with van der Waals surface area (Å²) in [5.41, 5.74) is 1.18. The van der Waals surface area contributed by atoms with Crippen molar-refractivity contribution in [1.82, 2.24) is 0 Å². The molecule has 0 bridgehead atoms. The van der Waals surface area contributed by atoms with Crippen molar-refractivity contribution in [2.75, 3.05) is 13.2 Å². The van der Waals surface area contributed by atoms with Crippen LogP contribution in [-0.4, -0.2) is 13.2 Å². The first-order chi connectivity index (χ1) is 12.7. The summed E-state index contributed by atoms with van der Waals surface area (Å²) in [7, 11) is 0. The highest BCUT2D eigenvalue weighted by atomic mass is 16.7. The molecule has 0 N–H and O–H groups in total. The van der Waals surface area contributed by atoms with Crippen LogP contribution in [0.25, 0.3) is 0 Å². The number of hydrogen-bond acceptors (Lipinski definition) is 2. The van der Waals surface area contributed by atoms with Gasteiger partial charge in [-0.3, -0.25) is 0 Å². The Hall–Kier alpha value is -0.860. The van der Waals surface area contributed by atoms with Gasteiger partial charge in [0, 0.05) is 11.5 Å². The molecular formula is C24H42O2. The molecule has 1 aromatic carbocycles. The second-order valence-electron chi connectivity index (χ2n) is 7.39. The third-order valence-corrected chi connectivity index (χ3v) is 5.15.